The molecule has 1 aromatic carbocycles. The molecule has 0 radical (unpaired) electrons. The van der Waals surface area contributed by atoms with Gasteiger partial charge in [0.1, 0.15) is 5.82 Å². The standard InChI is InChI=1S/C15H21ClFN/c16-14-7-6-12(15(17)9-14)8-11-4-2-1-3-5-13(11)10-18/h6-7,9,11,13H,1-5,8,10,18H2. The van der Waals surface area contributed by atoms with E-state index in [1.807, 2.05) is 6.07 Å². The SMILES string of the molecule is NCC1CCCCCC1Cc1ccc(Cl)cc1F. The molecule has 0 aliphatic heterocycles. The topological polar surface area (TPSA) is 26.0 Å². The molecule has 0 bridgehead atoms. The first-order valence-corrected chi connectivity index (χ1v) is 7.22. The molecule has 1 aliphatic carbocycles. The van der Waals surface area contributed by atoms with E-state index in [-0.39, 0.29) is 5.82 Å². The van der Waals surface area contributed by atoms with Crippen LogP contribution in [0.25, 0.3) is 0 Å². The van der Waals surface area contributed by atoms with Gasteiger partial charge in [-0.05, 0) is 55.3 Å². The van der Waals surface area contributed by atoms with E-state index in [0.717, 1.165) is 18.5 Å². The Morgan fingerprint density at radius 3 is 2.56 bits per heavy atom. The monoisotopic (exact) mass is 269 g/mol. The predicted octanol–water partition coefficient (Wildman–Crippen LogP) is 4.18. The fourth-order valence-electron chi connectivity index (χ4n) is 3.01. The van der Waals surface area contributed by atoms with Crippen LogP contribution in [0.4, 0.5) is 4.39 Å². The molecular weight excluding hydrogens is 249 g/mol. The zero-order valence-corrected chi connectivity index (χ0v) is 11.4. The summed E-state index contributed by atoms with van der Waals surface area (Å²) in [6.07, 6.45) is 6.96. The van der Waals surface area contributed by atoms with Crippen LogP contribution in [0.5, 0.6) is 0 Å². The van der Waals surface area contributed by atoms with Crippen molar-refractivity contribution in [1.29, 1.82) is 0 Å². The van der Waals surface area contributed by atoms with Gasteiger partial charge >= 0.3 is 0 Å². The van der Waals surface area contributed by atoms with Gasteiger partial charge in [0.15, 0.2) is 0 Å². The fraction of sp³-hybridized carbons (Fsp3) is 0.600. The molecule has 0 saturated heterocycles. The van der Waals surface area contributed by atoms with Crippen LogP contribution in [0.15, 0.2) is 18.2 Å². The summed E-state index contributed by atoms with van der Waals surface area (Å²) in [5.41, 5.74) is 6.65. The second kappa shape index (κ2) is 6.53. The first-order chi connectivity index (χ1) is 8.70. The zero-order valence-electron chi connectivity index (χ0n) is 10.7. The Balaban J connectivity index is 2.10. The molecule has 2 rings (SSSR count). The zero-order chi connectivity index (χ0) is 13.0. The van der Waals surface area contributed by atoms with Crippen molar-refractivity contribution >= 4 is 11.6 Å². The van der Waals surface area contributed by atoms with Gasteiger partial charge in [-0.3, -0.25) is 0 Å². The Bertz CT molecular complexity index is 394. The molecule has 0 aromatic heterocycles. The third kappa shape index (κ3) is 3.46. The van der Waals surface area contributed by atoms with Crippen molar-refractivity contribution in [2.45, 2.75) is 38.5 Å². The van der Waals surface area contributed by atoms with E-state index in [0.29, 0.717) is 16.9 Å². The van der Waals surface area contributed by atoms with Crippen molar-refractivity contribution in [3.63, 3.8) is 0 Å². The van der Waals surface area contributed by atoms with Gasteiger partial charge in [-0.25, -0.2) is 4.39 Å². The third-order valence-electron chi connectivity index (χ3n) is 4.12. The molecule has 1 nitrogen and oxygen atoms in total. The average Bonchev–Trinajstić information content (AvgIpc) is 2.57. The van der Waals surface area contributed by atoms with Gasteiger partial charge in [-0.15, -0.1) is 0 Å². The molecule has 100 valence electrons. The predicted molar refractivity (Wildman–Crippen MR) is 74.2 cm³/mol. The van der Waals surface area contributed by atoms with Gasteiger partial charge in [-0.2, -0.15) is 0 Å². The Kier molecular flexibility index (Phi) is 5.02. The average molecular weight is 270 g/mol. The summed E-state index contributed by atoms with van der Waals surface area (Å²) in [5, 5.41) is 0.465. The molecule has 1 aromatic rings. The van der Waals surface area contributed by atoms with Crippen molar-refractivity contribution < 1.29 is 4.39 Å². The van der Waals surface area contributed by atoms with Crippen LogP contribution >= 0.6 is 11.6 Å². The summed E-state index contributed by atoms with van der Waals surface area (Å²) >= 11 is 5.78. The quantitative estimate of drug-likeness (QED) is 0.819. The van der Waals surface area contributed by atoms with Crippen molar-refractivity contribution in [2.24, 2.45) is 17.6 Å². The van der Waals surface area contributed by atoms with Gasteiger partial charge in [-0.1, -0.05) is 36.9 Å². The van der Waals surface area contributed by atoms with Crippen molar-refractivity contribution in [2.75, 3.05) is 6.54 Å². The van der Waals surface area contributed by atoms with Crippen molar-refractivity contribution in [3.05, 3.63) is 34.6 Å². The second-order valence-corrected chi connectivity index (χ2v) is 5.77. The summed E-state index contributed by atoms with van der Waals surface area (Å²) in [7, 11) is 0. The van der Waals surface area contributed by atoms with Crippen molar-refractivity contribution in [3.8, 4) is 0 Å². The summed E-state index contributed by atoms with van der Waals surface area (Å²) in [6, 6.07) is 5.00. The molecule has 0 heterocycles. The number of hydrogen-bond acceptors (Lipinski definition) is 1. The smallest absolute Gasteiger partial charge is 0.127 e. The van der Waals surface area contributed by atoms with E-state index < -0.39 is 0 Å². The maximum absolute atomic E-state index is 13.8. The maximum Gasteiger partial charge on any atom is 0.127 e. The van der Waals surface area contributed by atoms with E-state index in [4.69, 9.17) is 17.3 Å². The summed E-state index contributed by atoms with van der Waals surface area (Å²) in [4.78, 5) is 0. The van der Waals surface area contributed by atoms with E-state index in [9.17, 15) is 4.39 Å². The highest BCUT2D eigenvalue weighted by molar-refractivity contribution is 6.30. The molecule has 2 atom stereocenters. The molecule has 1 fully saturated rings. The van der Waals surface area contributed by atoms with Crippen LogP contribution in [0.2, 0.25) is 5.02 Å². The van der Waals surface area contributed by atoms with Gasteiger partial charge in [0.25, 0.3) is 0 Å². The van der Waals surface area contributed by atoms with Crippen LogP contribution in [-0.4, -0.2) is 6.54 Å². The molecule has 0 amide bonds. The van der Waals surface area contributed by atoms with Gasteiger partial charge in [0.05, 0.1) is 0 Å². The fourth-order valence-corrected chi connectivity index (χ4v) is 3.17. The van der Waals surface area contributed by atoms with Crippen LogP contribution in [-0.2, 0) is 6.42 Å². The number of nitrogens with two attached hydrogens (primary N) is 1. The number of hydrogen-bond donors (Lipinski definition) is 1. The lowest BCUT2D eigenvalue weighted by molar-refractivity contribution is 0.315. The largest absolute Gasteiger partial charge is 0.330 e. The molecule has 2 unspecified atom stereocenters. The number of halogens is 2. The first-order valence-electron chi connectivity index (χ1n) is 6.84. The van der Waals surface area contributed by atoms with Crippen molar-refractivity contribution in [1.82, 2.24) is 0 Å². The van der Waals surface area contributed by atoms with Crippen LogP contribution < -0.4 is 5.73 Å². The highest BCUT2D eigenvalue weighted by Gasteiger charge is 2.23. The molecule has 2 N–H and O–H groups in total. The maximum atomic E-state index is 13.8. The summed E-state index contributed by atoms with van der Waals surface area (Å²) < 4.78 is 13.8. The van der Waals surface area contributed by atoms with Gasteiger partial charge < -0.3 is 5.73 Å². The normalized spacial score (nSPS) is 24.8. The minimum Gasteiger partial charge on any atom is -0.330 e. The van der Waals surface area contributed by atoms with Gasteiger partial charge in [0, 0.05) is 5.02 Å². The van der Waals surface area contributed by atoms with E-state index in [1.54, 1.807) is 6.07 Å². The molecule has 1 aliphatic rings. The lowest BCUT2D eigenvalue weighted by atomic mass is 9.83. The van der Waals surface area contributed by atoms with Crippen LogP contribution in [0.1, 0.15) is 37.7 Å². The van der Waals surface area contributed by atoms with Gasteiger partial charge in [0.2, 0.25) is 0 Å². The lowest BCUT2D eigenvalue weighted by Gasteiger charge is -2.24. The second-order valence-electron chi connectivity index (χ2n) is 5.33. The Morgan fingerprint density at radius 2 is 1.89 bits per heavy atom. The van der Waals surface area contributed by atoms with E-state index >= 15 is 0 Å². The Morgan fingerprint density at radius 1 is 1.17 bits per heavy atom. The molecule has 1 saturated carbocycles. The Hall–Kier alpha value is -0.600. The molecule has 0 spiro atoms. The minimum atomic E-state index is -0.178. The first kappa shape index (κ1) is 13.8. The minimum absolute atomic E-state index is 0.178. The number of benzene rings is 1. The third-order valence-corrected chi connectivity index (χ3v) is 4.35. The highest BCUT2D eigenvalue weighted by Crippen LogP contribution is 2.31. The Labute approximate surface area is 114 Å². The van der Waals surface area contributed by atoms with E-state index in [1.165, 1.54) is 38.2 Å². The van der Waals surface area contributed by atoms with Crippen LogP contribution in [0, 0.1) is 17.7 Å². The van der Waals surface area contributed by atoms with Crippen LogP contribution in [0.3, 0.4) is 0 Å². The summed E-state index contributed by atoms with van der Waals surface area (Å²) in [5.74, 6) is 0.887. The molecule has 18 heavy (non-hydrogen) atoms. The highest BCUT2D eigenvalue weighted by atomic mass is 35.5. The molecule has 3 heteroatoms. The summed E-state index contributed by atoms with van der Waals surface area (Å²) in [6.45, 7) is 0.722. The van der Waals surface area contributed by atoms with E-state index in [2.05, 4.69) is 0 Å². The molecular formula is C15H21ClFN. The lowest BCUT2D eigenvalue weighted by Crippen LogP contribution is -2.24. The number of rotatable bonds is 3.